The number of carbonyl (C=O) groups excluding carboxylic acids is 1. The topological polar surface area (TPSA) is 38.3 Å². The number of halogens is 5. The molecule has 1 amide bonds. The third-order valence-corrected chi connectivity index (χ3v) is 3.85. The first-order valence-electron chi connectivity index (χ1n) is 6.67. The molecule has 0 saturated carbocycles. The molecule has 128 valence electrons. The minimum atomic E-state index is -1.82. The summed E-state index contributed by atoms with van der Waals surface area (Å²) >= 11 is 3.27. The molecule has 2 rings (SSSR count). The van der Waals surface area contributed by atoms with Crippen molar-refractivity contribution in [3.05, 3.63) is 56.6 Å². The number of amides is 1. The average Bonchev–Trinajstić information content (AvgIpc) is 2.50. The third-order valence-electron chi connectivity index (χ3n) is 3.39. The van der Waals surface area contributed by atoms with Crippen LogP contribution in [0.1, 0.15) is 21.5 Å². The van der Waals surface area contributed by atoms with E-state index in [1.54, 1.807) is 26.0 Å². The first-order valence-corrected chi connectivity index (χ1v) is 7.46. The number of anilines is 1. The van der Waals surface area contributed by atoms with Crippen molar-refractivity contribution in [2.75, 3.05) is 12.4 Å². The van der Waals surface area contributed by atoms with Gasteiger partial charge in [0.15, 0.2) is 17.4 Å². The summed E-state index contributed by atoms with van der Waals surface area (Å²) in [7, 11) is 0.856. The lowest BCUT2D eigenvalue weighted by molar-refractivity contribution is 0.101. The Kier molecular flexibility index (Phi) is 5.17. The maximum Gasteiger partial charge on any atom is 0.261 e. The standard InChI is InChI=1S/C16H12BrF4NO2/c1-6-4-8(17)5-7(2)14(6)22-16(23)9-10(18)12(20)15(24-3)13(21)11(9)19/h4-5H,1-3H3,(H,22,23). The number of hydrogen-bond donors (Lipinski definition) is 1. The Labute approximate surface area is 143 Å². The quantitative estimate of drug-likeness (QED) is 0.583. The lowest BCUT2D eigenvalue weighted by Gasteiger charge is -2.14. The Balaban J connectivity index is 2.53. The first-order chi connectivity index (χ1) is 11.2. The molecule has 0 fully saturated rings. The maximum atomic E-state index is 14.0. The monoisotopic (exact) mass is 405 g/mol. The molecule has 1 N–H and O–H groups in total. The smallest absolute Gasteiger partial charge is 0.261 e. The zero-order valence-electron chi connectivity index (χ0n) is 12.9. The molecule has 0 radical (unpaired) electrons. The molecule has 0 aliphatic carbocycles. The lowest BCUT2D eigenvalue weighted by atomic mass is 10.1. The molecular formula is C16H12BrF4NO2. The van der Waals surface area contributed by atoms with Crippen LogP contribution in [0.15, 0.2) is 16.6 Å². The summed E-state index contributed by atoms with van der Waals surface area (Å²) in [6.45, 7) is 3.32. The van der Waals surface area contributed by atoms with Crippen LogP contribution in [-0.4, -0.2) is 13.0 Å². The fraction of sp³-hybridized carbons (Fsp3) is 0.188. The number of benzene rings is 2. The highest BCUT2D eigenvalue weighted by molar-refractivity contribution is 9.10. The van der Waals surface area contributed by atoms with Gasteiger partial charge >= 0.3 is 0 Å². The van der Waals surface area contributed by atoms with Gasteiger partial charge < -0.3 is 10.1 Å². The van der Waals surface area contributed by atoms with Crippen molar-refractivity contribution in [2.24, 2.45) is 0 Å². The van der Waals surface area contributed by atoms with E-state index in [0.717, 1.165) is 11.6 Å². The number of methoxy groups -OCH3 is 1. The first kappa shape index (κ1) is 18.3. The van der Waals surface area contributed by atoms with Crippen molar-refractivity contribution in [1.29, 1.82) is 0 Å². The van der Waals surface area contributed by atoms with Crippen LogP contribution < -0.4 is 10.1 Å². The third kappa shape index (κ3) is 3.10. The van der Waals surface area contributed by atoms with Gasteiger partial charge in [0, 0.05) is 10.2 Å². The summed E-state index contributed by atoms with van der Waals surface area (Å²) in [6.07, 6.45) is 0. The van der Waals surface area contributed by atoms with Gasteiger partial charge in [0.2, 0.25) is 11.6 Å². The number of aryl methyl sites for hydroxylation is 2. The summed E-state index contributed by atoms with van der Waals surface area (Å²) in [4.78, 5) is 12.2. The molecule has 2 aromatic carbocycles. The number of carbonyl (C=O) groups is 1. The highest BCUT2D eigenvalue weighted by Crippen LogP contribution is 2.31. The van der Waals surface area contributed by atoms with Crippen LogP contribution in [0, 0.1) is 37.1 Å². The summed E-state index contributed by atoms with van der Waals surface area (Å²) in [6, 6.07) is 3.34. The number of nitrogens with one attached hydrogen (secondary N) is 1. The highest BCUT2D eigenvalue weighted by Gasteiger charge is 2.30. The van der Waals surface area contributed by atoms with Gasteiger partial charge in [0.25, 0.3) is 5.91 Å². The normalized spacial score (nSPS) is 10.7. The largest absolute Gasteiger partial charge is 0.491 e. The van der Waals surface area contributed by atoms with E-state index in [9.17, 15) is 22.4 Å². The Morgan fingerprint density at radius 2 is 1.46 bits per heavy atom. The van der Waals surface area contributed by atoms with Gasteiger partial charge in [-0.3, -0.25) is 4.79 Å². The fourth-order valence-electron chi connectivity index (χ4n) is 2.27. The van der Waals surface area contributed by atoms with E-state index in [1.807, 2.05) is 0 Å². The number of ether oxygens (including phenoxy) is 1. The van der Waals surface area contributed by atoms with Crippen LogP contribution in [0.2, 0.25) is 0 Å². The molecule has 0 atom stereocenters. The van der Waals surface area contributed by atoms with Crippen molar-refractivity contribution in [2.45, 2.75) is 13.8 Å². The van der Waals surface area contributed by atoms with Crippen LogP contribution in [0.25, 0.3) is 0 Å². The van der Waals surface area contributed by atoms with Crippen molar-refractivity contribution in [3.63, 3.8) is 0 Å². The minimum absolute atomic E-state index is 0.290. The molecule has 2 aromatic rings. The zero-order chi connectivity index (χ0) is 18.2. The van der Waals surface area contributed by atoms with E-state index >= 15 is 0 Å². The fourth-order valence-corrected chi connectivity index (χ4v) is 2.96. The molecule has 0 aromatic heterocycles. The van der Waals surface area contributed by atoms with Crippen LogP contribution in [0.3, 0.4) is 0 Å². The van der Waals surface area contributed by atoms with Gasteiger partial charge in [-0.15, -0.1) is 0 Å². The van der Waals surface area contributed by atoms with Gasteiger partial charge in [-0.25, -0.2) is 8.78 Å². The van der Waals surface area contributed by atoms with E-state index in [1.165, 1.54) is 0 Å². The Hall–Kier alpha value is -2.09. The van der Waals surface area contributed by atoms with Gasteiger partial charge in [-0.05, 0) is 37.1 Å². The molecule has 8 heteroatoms. The molecule has 24 heavy (non-hydrogen) atoms. The Bertz CT molecular complexity index is 787. The number of hydrogen-bond acceptors (Lipinski definition) is 2. The average molecular weight is 406 g/mol. The SMILES string of the molecule is COc1c(F)c(F)c(C(=O)Nc2c(C)cc(Br)cc2C)c(F)c1F. The minimum Gasteiger partial charge on any atom is -0.491 e. The van der Waals surface area contributed by atoms with Gasteiger partial charge in [-0.2, -0.15) is 8.78 Å². The van der Waals surface area contributed by atoms with E-state index in [2.05, 4.69) is 26.0 Å². The zero-order valence-corrected chi connectivity index (χ0v) is 14.4. The summed E-state index contributed by atoms with van der Waals surface area (Å²) in [5, 5.41) is 2.28. The molecule has 0 saturated heterocycles. The molecule has 0 aliphatic heterocycles. The Morgan fingerprint density at radius 1 is 1.00 bits per heavy atom. The molecular weight excluding hydrogens is 394 g/mol. The van der Waals surface area contributed by atoms with Gasteiger partial charge in [0.1, 0.15) is 5.56 Å². The van der Waals surface area contributed by atoms with Crippen molar-refractivity contribution in [3.8, 4) is 5.75 Å². The summed E-state index contributed by atoms with van der Waals surface area (Å²) < 4.78 is 60.4. The van der Waals surface area contributed by atoms with E-state index in [4.69, 9.17) is 0 Å². The van der Waals surface area contributed by atoms with Crippen LogP contribution >= 0.6 is 15.9 Å². The van der Waals surface area contributed by atoms with Crippen LogP contribution in [0.5, 0.6) is 5.75 Å². The van der Waals surface area contributed by atoms with E-state index in [0.29, 0.717) is 16.8 Å². The molecule has 0 bridgehead atoms. The molecule has 0 aliphatic rings. The second-order valence-electron chi connectivity index (χ2n) is 5.03. The highest BCUT2D eigenvalue weighted by atomic mass is 79.9. The molecule has 3 nitrogen and oxygen atoms in total. The van der Waals surface area contributed by atoms with E-state index < -0.39 is 40.5 Å². The van der Waals surface area contributed by atoms with Crippen molar-refractivity contribution in [1.82, 2.24) is 0 Å². The molecule has 0 unspecified atom stereocenters. The summed E-state index contributed by atoms with van der Waals surface area (Å²) in [5.41, 5.74) is 0.141. The maximum absolute atomic E-state index is 14.0. The van der Waals surface area contributed by atoms with Gasteiger partial charge in [0.05, 0.1) is 7.11 Å². The molecule has 0 heterocycles. The van der Waals surface area contributed by atoms with Gasteiger partial charge in [-0.1, -0.05) is 15.9 Å². The molecule has 0 spiro atoms. The second-order valence-corrected chi connectivity index (χ2v) is 5.95. The van der Waals surface area contributed by atoms with Crippen LogP contribution in [0.4, 0.5) is 23.2 Å². The van der Waals surface area contributed by atoms with Crippen molar-refractivity contribution < 1.29 is 27.1 Å². The summed E-state index contributed by atoms with van der Waals surface area (Å²) in [5.74, 6) is -9.72. The predicted octanol–water partition coefficient (Wildman–Crippen LogP) is 4.88. The van der Waals surface area contributed by atoms with Crippen molar-refractivity contribution >= 4 is 27.5 Å². The van der Waals surface area contributed by atoms with Crippen LogP contribution in [-0.2, 0) is 0 Å². The second kappa shape index (κ2) is 6.80. The van der Waals surface area contributed by atoms with E-state index in [-0.39, 0.29) is 0 Å². The Morgan fingerprint density at radius 3 is 1.88 bits per heavy atom. The predicted molar refractivity (Wildman–Crippen MR) is 84.4 cm³/mol. The number of rotatable bonds is 3. The lowest BCUT2D eigenvalue weighted by Crippen LogP contribution is -2.20.